The molecule has 0 aliphatic rings. The quantitative estimate of drug-likeness (QED) is 0.366. The molecule has 0 aromatic rings. The number of hydrogen-bond acceptors (Lipinski definition) is 0. The Morgan fingerprint density at radius 2 is 0.286 bits per heavy atom. The van der Waals surface area contributed by atoms with E-state index < -0.39 is 0 Å². The van der Waals surface area contributed by atoms with E-state index in [1.165, 1.54) is 0 Å². The normalized spacial score (nSPS) is 0. The van der Waals surface area contributed by atoms with Crippen molar-refractivity contribution in [2.45, 2.75) is 0 Å². The molecule has 0 saturated carbocycles. The molecule has 0 N–H and O–H groups in total. The third-order valence-electron chi connectivity index (χ3n) is 0. The van der Waals surface area contributed by atoms with Gasteiger partial charge in [-0.25, -0.2) is 0 Å². The van der Waals surface area contributed by atoms with Crippen molar-refractivity contribution in [3.8, 4) is 0 Å². The number of hydrogen-bond donors (Lipinski definition) is 0. The van der Waals surface area contributed by atoms with Crippen molar-refractivity contribution in [1.29, 1.82) is 0 Å². The van der Waals surface area contributed by atoms with Gasteiger partial charge in [-0.2, -0.15) is 0 Å². The monoisotopic (exact) mass is 485 g/mol. The Kier molecular flexibility index (Phi) is 3710. The van der Waals surface area contributed by atoms with Gasteiger partial charge < -0.3 is 23.3 Å². The van der Waals surface area contributed by atoms with E-state index in [1.54, 1.807) is 0 Å². The minimum atomic E-state index is 0. The van der Waals surface area contributed by atoms with Gasteiger partial charge in [-0.3, -0.25) is 0 Å². The van der Waals surface area contributed by atoms with Crippen LogP contribution in [0.25, 0.3) is 12.3 Å². The van der Waals surface area contributed by atoms with Gasteiger partial charge in [0.2, 0.25) is 0 Å². The zero-order chi connectivity index (χ0) is 0. The van der Waals surface area contributed by atoms with Gasteiger partial charge in [0, 0.05) is 86.8 Å². The van der Waals surface area contributed by atoms with Crippen molar-refractivity contribution in [2.24, 2.45) is 0 Å². The summed E-state index contributed by atoms with van der Waals surface area (Å²) in [6.45, 7) is 0. The maximum Gasteiger partial charge on any atom is 2.00 e. The second-order valence-corrected chi connectivity index (χ2v) is 0. The van der Waals surface area contributed by atoms with Gasteiger partial charge in [0.15, 0.2) is 0 Å². The summed E-state index contributed by atoms with van der Waals surface area (Å²) in [5.41, 5.74) is 0. The van der Waals surface area contributed by atoms with E-state index in [9.17, 15) is 0 Å². The molecule has 4 nitrogen and oxygen atoms in total. The molecule has 15 radical (unpaired) electrons. The van der Waals surface area contributed by atoms with E-state index in [4.69, 9.17) is 0 Å². The van der Waals surface area contributed by atoms with E-state index >= 15 is 0 Å². The molecule has 0 aliphatic heterocycles. The van der Waals surface area contributed by atoms with Crippen LogP contribution in [0.1, 0.15) is 0 Å². The van der Waals surface area contributed by atoms with Gasteiger partial charge in [-0.15, -0.1) is 0 Å². The first kappa shape index (κ1) is 248. The summed E-state index contributed by atoms with van der Waals surface area (Å²) in [4.78, 5) is 0. The molecule has 0 fully saturated rings. The van der Waals surface area contributed by atoms with Gasteiger partial charge in [-0.05, 0) is 0 Å². The Morgan fingerprint density at radius 3 is 0.286 bits per heavy atom. The summed E-state index contributed by atoms with van der Waals surface area (Å²) in [7, 11) is 0. The van der Waals surface area contributed by atoms with E-state index in [0.717, 1.165) is 0 Å². The van der Waals surface area contributed by atoms with E-state index in [1.807, 2.05) is 0 Å². The summed E-state index contributed by atoms with van der Waals surface area (Å²) in [6.07, 6.45) is 0. The molecule has 14 heavy (non-hydrogen) atoms. The minimum absolute atomic E-state index is 0. The number of nitrogens with zero attached hydrogens (tertiary/aromatic N) is 2. The molecular formula is Al5N2Ni5O2. The maximum absolute atomic E-state index is 0. The maximum atomic E-state index is 0. The molecule has 0 rings (SSSR count). The van der Waals surface area contributed by atoms with Crippen LogP contribution in [0.15, 0.2) is 0 Å². The smallest absolute Gasteiger partial charge is 2.00 e. The molecule has 0 saturated heterocycles. The number of rotatable bonds is 0. The van der Waals surface area contributed by atoms with Crippen molar-refractivity contribution in [3.63, 3.8) is 0 Å². The third kappa shape index (κ3) is 175. The van der Waals surface area contributed by atoms with Crippen LogP contribution >= 0.6 is 0 Å². The largest absolute Gasteiger partial charge is 3.00 e. The summed E-state index contributed by atoms with van der Waals surface area (Å²) in [6, 6.07) is 0. The van der Waals surface area contributed by atoms with Crippen molar-refractivity contribution >= 4 is 86.8 Å². The third-order valence-corrected chi connectivity index (χ3v) is 0. The molecule has 87 valence electrons. The Balaban J connectivity index is 0. The van der Waals surface area contributed by atoms with Gasteiger partial charge in [0.1, 0.15) is 0 Å². The Morgan fingerprint density at radius 1 is 0.286 bits per heavy atom. The molecule has 0 aromatic carbocycles. The van der Waals surface area contributed by atoms with Crippen molar-refractivity contribution < 1.29 is 93.4 Å². The molecule has 0 atom stereocenters. The van der Waals surface area contributed by atoms with Crippen molar-refractivity contribution in [1.82, 2.24) is 0 Å². The van der Waals surface area contributed by atoms with Crippen molar-refractivity contribution in [3.05, 3.63) is 12.3 Å². The first-order valence-electron chi connectivity index (χ1n) is 0. The second-order valence-electron chi connectivity index (χ2n) is 0. The molecule has 0 unspecified atom stereocenters. The molecular weight excluding hydrogens is 488 g/mol. The van der Waals surface area contributed by atoms with Gasteiger partial charge in [0.25, 0.3) is 0 Å². The zero-order valence-electron chi connectivity index (χ0n) is 6.18. The van der Waals surface area contributed by atoms with Crippen LogP contribution in [0.3, 0.4) is 0 Å². The van der Waals surface area contributed by atoms with Crippen LogP contribution in [0.4, 0.5) is 0 Å². The predicted octanol–water partition coefficient (Wildman–Crippen LogP) is -1.58. The minimum Gasteiger partial charge on any atom is -3.00 e. The van der Waals surface area contributed by atoms with Crippen LogP contribution in [-0.4, -0.2) is 86.8 Å². The van der Waals surface area contributed by atoms with E-state index in [2.05, 4.69) is 0 Å². The fraction of sp³-hybridized carbons (Fsp3) is 0. The second kappa shape index (κ2) is 210. The fourth-order valence-corrected chi connectivity index (χ4v) is 0. The summed E-state index contributed by atoms with van der Waals surface area (Å²) >= 11 is 0. The Labute approximate surface area is 189 Å². The first-order chi connectivity index (χ1) is 0. The Hall–Kier alpha value is 4.97. The summed E-state index contributed by atoms with van der Waals surface area (Å²) in [5, 5.41) is 0. The Bertz CT molecular complexity index is 26.1. The van der Waals surface area contributed by atoms with E-state index in [-0.39, 0.29) is 193 Å². The topological polar surface area (TPSA) is 118 Å². The van der Waals surface area contributed by atoms with Crippen molar-refractivity contribution in [2.75, 3.05) is 0 Å². The van der Waals surface area contributed by atoms with Crippen LogP contribution in [0.5, 0.6) is 0 Å². The summed E-state index contributed by atoms with van der Waals surface area (Å²) in [5.74, 6) is 0. The van der Waals surface area contributed by atoms with Gasteiger partial charge in [0.05, 0.1) is 0 Å². The van der Waals surface area contributed by atoms with Crippen LogP contribution < -0.4 is 0 Å². The molecule has 14 heteroatoms. The zero-order valence-corrected chi connectivity index (χ0v) is 16.9. The summed E-state index contributed by atoms with van der Waals surface area (Å²) < 4.78 is 0. The molecule has 0 bridgehead atoms. The van der Waals surface area contributed by atoms with Gasteiger partial charge >= 0.3 is 82.5 Å². The SMILES string of the molecule is [Al].[Al].[Al].[Al].[Al].[N-3].[N-3].[Ni+2].[Ni+2].[Ni+2].[Ni+2].[Ni+2].[O-2].[O-2]. The molecule has 0 heterocycles. The first-order valence-corrected chi connectivity index (χ1v) is 0. The van der Waals surface area contributed by atoms with Crippen LogP contribution in [-0.2, 0) is 93.4 Å². The average molecular weight is 488 g/mol. The predicted molar refractivity (Wildman–Crippen MR) is 36.9 cm³/mol. The van der Waals surface area contributed by atoms with Crippen LogP contribution in [0, 0.1) is 0 Å². The fourth-order valence-electron chi connectivity index (χ4n) is 0. The molecule has 0 spiro atoms. The molecule has 0 amide bonds. The van der Waals surface area contributed by atoms with E-state index in [0.29, 0.717) is 0 Å². The molecule has 0 aliphatic carbocycles. The molecule has 0 aromatic heterocycles. The van der Waals surface area contributed by atoms with Gasteiger partial charge in [-0.1, -0.05) is 0 Å². The van der Waals surface area contributed by atoms with Crippen LogP contribution in [0.2, 0.25) is 0 Å². The standard InChI is InChI=1S/5Al.2N.5Ni.2O/q;;;;;2*-3;5*+2;2*-2. The average Bonchev–Trinajstić information content (AvgIpc) is 0.